The van der Waals surface area contributed by atoms with Crippen LogP contribution in [0.3, 0.4) is 0 Å². The second-order valence-electron chi connectivity index (χ2n) is 4.44. The summed E-state index contributed by atoms with van der Waals surface area (Å²) < 4.78 is 0. The third-order valence-corrected chi connectivity index (χ3v) is 2.77. The average Bonchev–Trinajstić information content (AvgIpc) is 2.46. The van der Waals surface area contributed by atoms with Crippen molar-refractivity contribution < 1.29 is 40.2 Å². The predicted molar refractivity (Wildman–Crippen MR) is 78.2 cm³/mol. The fraction of sp³-hybridized carbons (Fsp3) is 0.0667. The molecule has 0 atom stereocenters. The predicted octanol–water partition coefficient (Wildman–Crippen LogP) is 1.90. The molecule has 6 N–H and O–H groups in total. The number of hydrogen-bond acceptors (Lipinski definition) is 6. The van der Waals surface area contributed by atoms with Gasteiger partial charge < -0.3 is 30.6 Å². The molecule has 0 aliphatic rings. The highest BCUT2D eigenvalue weighted by atomic mass is 16.4. The molecular formula is C15H14O8. The lowest BCUT2D eigenvalue weighted by Gasteiger charge is -2.01. The molecule has 0 radical (unpaired) electrons. The van der Waals surface area contributed by atoms with Crippen molar-refractivity contribution in [3.63, 3.8) is 0 Å². The number of phenols is 4. The van der Waals surface area contributed by atoms with E-state index < -0.39 is 34.8 Å². The topological polar surface area (TPSA) is 156 Å². The van der Waals surface area contributed by atoms with Gasteiger partial charge in [0, 0.05) is 6.07 Å². The van der Waals surface area contributed by atoms with Crippen molar-refractivity contribution in [3.05, 3.63) is 47.0 Å². The number of carboxylic acids is 2. The minimum absolute atomic E-state index is 0.0509. The highest BCUT2D eigenvalue weighted by Gasteiger charge is 2.14. The number of hydrogen-bond donors (Lipinski definition) is 6. The molecule has 0 heterocycles. The Labute approximate surface area is 130 Å². The quantitative estimate of drug-likeness (QED) is 0.361. The van der Waals surface area contributed by atoms with Gasteiger partial charge in [-0.05, 0) is 24.6 Å². The number of aryl methyl sites for hydroxylation is 1. The van der Waals surface area contributed by atoms with E-state index >= 15 is 0 Å². The Bertz CT molecular complexity index is 751. The molecule has 0 aromatic heterocycles. The van der Waals surface area contributed by atoms with E-state index in [-0.39, 0.29) is 11.3 Å². The lowest BCUT2D eigenvalue weighted by Crippen LogP contribution is -1.96. The van der Waals surface area contributed by atoms with Crippen molar-refractivity contribution >= 4 is 11.9 Å². The lowest BCUT2D eigenvalue weighted by atomic mass is 10.1. The van der Waals surface area contributed by atoms with Gasteiger partial charge in [0.15, 0.2) is 11.5 Å². The van der Waals surface area contributed by atoms with Gasteiger partial charge in [-0.1, -0.05) is 12.1 Å². The van der Waals surface area contributed by atoms with E-state index in [1.165, 1.54) is 6.07 Å². The zero-order chi connectivity index (χ0) is 17.7. The number of para-hydroxylation sites is 1. The summed E-state index contributed by atoms with van der Waals surface area (Å²) in [5, 5.41) is 52.8. The van der Waals surface area contributed by atoms with E-state index in [2.05, 4.69) is 0 Å². The van der Waals surface area contributed by atoms with Crippen LogP contribution in [0.4, 0.5) is 0 Å². The van der Waals surface area contributed by atoms with Gasteiger partial charge in [0.05, 0.1) is 0 Å². The molecule has 8 nitrogen and oxygen atoms in total. The zero-order valence-electron chi connectivity index (χ0n) is 11.9. The Balaban J connectivity index is 0.000000231. The van der Waals surface area contributed by atoms with Crippen molar-refractivity contribution in [2.24, 2.45) is 0 Å². The molecule has 2 aromatic rings. The van der Waals surface area contributed by atoms with Crippen LogP contribution in [0.25, 0.3) is 0 Å². The summed E-state index contributed by atoms with van der Waals surface area (Å²) in [4.78, 5) is 20.8. The van der Waals surface area contributed by atoms with Gasteiger partial charge in [0.25, 0.3) is 0 Å². The molecule has 0 fully saturated rings. The highest BCUT2D eigenvalue weighted by Crippen LogP contribution is 2.32. The summed E-state index contributed by atoms with van der Waals surface area (Å²) in [5.74, 6) is -4.50. The molecule has 8 heteroatoms. The highest BCUT2D eigenvalue weighted by molar-refractivity contribution is 5.92. The number of aromatic carboxylic acids is 2. The second kappa shape index (κ2) is 7.03. The Hall–Kier alpha value is -3.42. The van der Waals surface area contributed by atoms with E-state index in [9.17, 15) is 14.7 Å². The Morgan fingerprint density at radius 1 is 0.826 bits per heavy atom. The van der Waals surface area contributed by atoms with Crippen LogP contribution in [0.1, 0.15) is 26.3 Å². The van der Waals surface area contributed by atoms with Gasteiger partial charge in [0.2, 0.25) is 0 Å². The molecule has 2 aromatic carbocycles. The number of carboxylic acid groups (broad SMARTS) is 2. The van der Waals surface area contributed by atoms with Crippen LogP contribution in [0.5, 0.6) is 23.0 Å². The smallest absolute Gasteiger partial charge is 0.339 e. The minimum atomic E-state index is -1.42. The van der Waals surface area contributed by atoms with Crippen molar-refractivity contribution in [2.45, 2.75) is 6.92 Å². The second-order valence-corrected chi connectivity index (χ2v) is 4.44. The largest absolute Gasteiger partial charge is 0.508 e. The fourth-order valence-electron chi connectivity index (χ4n) is 1.60. The van der Waals surface area contributed by atoms with Gasteiger partial charge in [0.1, 0.15) is 22.6 Å². The van der Waals surface area contributed by atoms with Crippen molar-refractivity contribution in [1.82, 2.24) is 0 Å². The lowest BCUT2D eigenvalue weighted by molar-refractivity contribution is 0.0682. The number of phenolic OH excluding ortho intramolecular Hbond substituents is 2. The van der Waals surface area contributed by atoms with Gasteiger partial charge >= 0.3 is 11.9 Å². The summed E-state index contributed by atoms with van der Waals surface area (Å²) in [6.45, 7) is 1.65. The number of aromatic hydroxyl groups is 4. The van der Waals surface area contributed by atoms with Gasteiger partial charge in [-0.3, -0.25) is 0 Å². The van der Waals surface area contributed by atoms with Crippen LogP contribution in [-0.2, 0) is 0 Å². The first-order valence-electron chi connectivity index (χ1n) is 6.15. The molecular weight excluding hydrogens is 308 g/mol. The summed E-state index contributed by atoms with van der Waals surface area (Å²) in [6, 6.07) is 6.31. The molecule has 0 unspecified atom stereocenters. The number of carbonyl (C=O) groups is 2. The van der Waals surface area contributed by atoms with Gasteiger partial charge in [-0.15, -0.1) is 0 Å². The Morgan fingerprint density at radius 2 is 1.39 bits per heavy atom. The van der Waals surface area contributed by atoms with E-state index in [0.29, 0.717) is 5.56 Å². The number of benzene rings is 2. The summed E-state index contributed by atoms with van der Waals surface area (Å²) in [7, 11) is 0. The first kappa shape index (κ1) is 17.6. The van der Waals surface area contributed by atoms with E-state index in [1.807, 2.05) is 0 Å². The molecule has 0 aliphatic heterocycles. The van der Waals surface area contributed by atoms with Crippen LogP contribution < -0.4 is 0 Å². The zero-order valence-corrected chi connectivity index (χ0v) is 11.9. The standard InChI is InChI=1S/C8H8O3.C7H6O5/c1-5-3-2-4-6(7(5)9)8(10)11;8-3-1-4(7(11)12)6(10)5(9)2-3/h2-4,9H,1H3,(H,10,11);1-2,8-10H,(H,11,12). The molecule has 0 spiro atoms. The van der Waals surface area contributed by atoms with E-state index in [4.69, 9.17) is 25.5 Å². The van der Waals surface area contributed by atoms with Crippen molar-refractivity contribution in [1.29, 1.82) is 0 Å². The average molecular weight is 322 g/mol. The molecule has 0 aliphatic carbocycles. The van der Waals surface area contributed by atoms with Crippen molar-refractivity contribution in [2.75, 3.05) is 0 Å². The van der Waals surface area contributed by atoms with Crippen LogP contribution in [0, 0.1) is 6.92 Å². The molecule has 0 saturated carbocycles. The fourth-order valence-corrected chi connectivity index (χ4v) is 1.60. The molecule has 23 heavy (non-hydrogen) atoms. The third-order valence-electron chi connectivity index (χ3n) is 2.77. The molecule has 0 saturated heterocycles. The Kier molecular flexibility index (Phi) is 5.39. The summed E-state index contributed by atoms with van der Waals surface area (Å²) in [6.07, 6.45) is 0. The van der Waals surface area contributed by atoms with Gasteiger partial charge in [-0.25, -0.2) is 9.59 Å². The monoisotopic (exact) mass is 322 g/mol. The summed E-state index contributed by atoms with van der Waals surface area (Å²) >= 11 is 0. The van der Waals surface area contributed by atoms with Crippen molar-refractivity contribution in [3.8, 4) is 23.0 Å². The maximum Gasteiger partial charge on any atom is 0.339 e. The van der Waals surface area contributed by atoms with Crippen LogP contribution in [-0.4, -0.2) is 42.6 Å². The van der Waals surface area contributed by atoms with Crippen LogP contribution in [0.2, 0.25) is 0 Å². The molecule has 122 valence electrons. The van der Waals surface area contributed by atoms with Gasteiger partial charge in [-0.2, -0.15) is 0 Å². The maximum atomic E-state index is 10.4. The summed E-state index contributed by atoms with van der Waals surface area (Å²) in [5.41, 5.74) is -0.0117. The maximum absolute atomic E-state index is 10.4. The molecule has 0 amide bonds. The van der Waals surface area contributed by atoms with E-state index in [0.717, 1.165) is 12.1 Å². The third kappa shape index (κ3) is 4.27. The normalized spacial score (nSPS) is 9.61. The SMILES string of the molecule is Cc1cccc(C(=O)O)c1O.O=C(O)c1cc(O)cc(O)c1O. The van der Waals surface area contributed by atoms with E-state index in [1.54, 1.807) is 19.1 Å². The first-order chi connectivity index (χ1) is 10.6. The number of rotatable bonds is 2. The Morgan fingerprint density at radius 3 is 1.87 bits per heavy atom. The van der Waals surface area contributed by atoms with Crippen LogP contribution in [0.15, 0.2) is 30.3 Å². The minimum Gasteiger partial charge on any atom is -0.508 e. The first-order valence-corrected chi connectivity index (χ1v) is 6.15. The molecule has 0 bridgehead atoms. The molecule has 2 rings (SSSR count). The van der Waals surface area contributed by atoms with Crippen LogP contribution >= 0.6 is 0 Å².